The number of ether oxygens (including phenoxy) is 1. The smallest absolute Gasteiger partial charge is 0.290 e. The largest absolute Gasteiger partial charge is 0.482 e. The number of fused-ring (bicyclic) bond motifs is 1. The number of hydrogen-bond acceptors (Lipinski definition) is 5. The molecule has 3 N–H and O–H groups in total. The van der Waals surface area contributed by atoms with Crippen LogP contribution in [0.4, 0.5) is 0 Å². The number of hydrazine groups is 1. The molecule has 0 aliphatic rings. The van der Waals surface area contributed by atoms with Gasteiger partial charge in [0.1, 0.15) is 5.75 Å². The summed E-state index contributed by atoms with van der Waals surface area (Å²) in [6, 6.07) is 11.7. The first-order chi connectivity index (χ1) is 13.0. The van der Waals surface area contributed by atoms with Gasteiger partial charge in [-0.1, -0.05) is 35.9 Å². The Morgan fingerprint density at radius 1 is 1.15 bits per heavy atom. The number of halogens is 1. The Morgan fingerprint density at radius 2 is 1.89 bits per heavy atom. The van der Waals surface area contributed by atoms with Crippen molar-refractivity contribution >= 4 is 34.2 Å². The lowest BCUT2D eigenvalue weighted by Crippen LogP contribution is -2.44. The Labute approximate surface area is 158 Å². The van der Waals surface area contributed by atoms with E-state index in [-0.39, 0.29) is 12.3 Å². The van der Waals surface area contributed by atoms with E-state index in [1.54, 1.807) is 36.4 Å². The highest BCUT2D eigenvalue weighted by molar-refractivity contribution is 6.32. The van der Waals surface area contributed by atoms with Crippen LogP contribution in [0.2, 0.25) is 5.02 Å². The fourth-order valence-electron chi connectivity index (χ4n) is 2.37. The monoisotopic (exact) mass is 386 g/mol. The summed E-state index contributed by atoms with van der Waals surface area (Å²) in [6.45, 7) is 1.52. The van der Waals surface area contributed by atoms with Crippen molar-refractivity contribution in [2.24, 2.45) is 0 Å². The second-order valence-electron chi connectivity index (χ2n) is 5.67. The third-order valence-electron chi connectivity index (χ3n) is 3.67. The standard InChI is InChI=1S/C18H15ClN4O4/c1-10-6-7-13(19)14(8-10)27-9-15(24)20-23-18(26)16-11-4-2-3-5-12(11)17(25)22-21-16/h2-8H,9H2,1H3,(H,20,24)(H,22,25)(H,23,26). The normalized spacial score (nSPS) is 10.4. The number of aryl methyl sites for hydroxylation is 1. The second kappa shape index (κ2) is 7.88. The molecule has 0 radical (unpaired) electrons. The molecule has 3 aromatic rings. The van der Waals surface area contributed by atoms with Crippen LogP contribution in [-0.4, -0.2) is 28.6 Å². The number of H-pyrrole nitrogens is 1. The molecular weight excluding hydrogens is 372 g/mol. The SMILES string of the molecule is Cc1ccc(Cl)c(OCC(=O)NNC(=O)c2n[nH]c(=O)c3ccccc23)c1. The van der Waals surface area contributed by atoms with Crippen LogP contribution in [-0.2, 0) is 4.79 Å². The zero-order valence-corrected chi connectivity index (χ0v) is 15.0. The van der Waals surface area contributed by atoms with Gasteiger partial charge in [0.15, 0.2) is 12.3 Å². The lowest BCUT2D eigenvalue weighted by molar-refractivity contribution is -0.123. The van der Waals surface area contributed by atoms with Crippen LogP contribution >= 0.6 is 11.6 Å². The first-order valence-electron chi connectivity index (χ1n) is 7.91. The van der Waals surface area contributed by atoms with E-state index in [0.717, 1.165) is 5.56 Å². The summed E-state index contributed by atoms with van der Waals surface area (Å²) in [5, 5.41) is 7.07. The van der Waals surface area contributed by atoms with Crippen LogP contribution < -0.4 is 21.1 Å². The van der Waals surface area contributed by atoms with Gasteiger partial charge < -0.3 is 4.74 Å². The Balaban J connectivity index is 1.62. The third-order valence-corrected chi connectivity index (χ3v) is 3.98. The number of rotatable bonds is 4. The van der Waals surface area contributed by atoms with Gasteiger partial charge in [-0.15, -0.1) is 0 Å². The van der Waals surface area contributed by atoms with E-state index in [2.05, 4.69) is 21.0 Å². The summed E-state index contributed by atoms with van der Waals surface area (Å²) >= 11 is 5.99. The summed E-state index contributed by atoms with van der Waals surface area (Å²) in [7, 11) is 0. The molecule has 0 spiro atoms. The molecule has 9 heteroatoms. The van der Waals surface area contributed by atoms with Crippen molar-refractivity contribution in [3.63, 3.8) is 0 Å². The Morgan fingerprint density at radius 3 is 2.67 bits per heavy atom. The van der Waals surface area contributed by atoms with Crippen molar-refractivity contribution in [3.05, 3.63) is 69.1 Å². The first kappa shape index (κ1) is 18.4. The van der Waals surface area contributed by atoms with E-state index in [9.17, 15) is 14.4 Å². The van der Waals surface area contributed by atoms with Crippen LogP contribution in [0, 0.1) is 6.92 Å². The zero-order valence-electron chi connectivity index (χ0n) is 14.2. The molecule has 0 aliphatic carbocycles. The van der Waals surface area contributed by atoms with Gasteiger partial charge in [-0.3, -0.25) is 25.2 Å². The van der Waals surface area contributed by atoms with Gasteiger partial charge in [0.25, 0.3) is 17.4 Å². The van der Waals surface area contributed by atoms with Crippen molar-refractivity contribution in [1.82, 2.24) is 21.0 Å². The molecule has 0 saturated carbocycles. The maximum absolute atomic E-state index is 12.3. The highest BCUT2D eigenvalue weighted by Crippen LogP contribution is 2.25. The van der Waals surface area contributed by atoms with Crippen LogP contribution in [0.5, 0.6) is 5.75 Å². The van der Waals surface area contributed by atoms with E-state index in [4.69, 9.17) is 16.3 Å². The number of nitrogens with zero attached hydrogens (tertiary/aromatic N) is 1. The molecule has 27 heavy (non-hydrogen) atoms. The number of benzene rings is 2. The predicted octanol–water partition coefficient (Wildman–Crippen LogP) is 1.72. The molecule has 0 fully saturated rings. The summed E-state index contributed by atoms with van der Waals surface area (Å²) in [4.78, 5) is 35.9. The molecule has 138 valence electrons. The van der Waals surface area contributed by atoms with Crippen LogP contribution in [0.25, 0.3) is 10.8 Å². The molecular formula is C18H15ClN4O4. The zero-order chi connectivity index (χ0) is 19.4. The summed E-state index contributed by atoms with van der Waals surface area (Å²) in [5.74, 6) is -0.898. The number of carbonyl (C=O) groups is 2. The average molecular weight is 387 g/mol. The van der Waals surface area contributed by atoms with E-state index in [1.165, 1.54) is 0 Å². The molecule has 0 bridgehead atoms. The molecule has 2 amide bonds. The minimum Gasteiger partial charge on any atom is -0.482 e. The molecule has 8 nitrogen and oxygen atoms in total. The molecule has 0 atom stereocenters. The van der Waals surface area contributed by atoms with Gasteiger partial charge in [-0.2, -0.15) is 5.10 Å². The Hall–Kier alpha value is -3.39. The van der Waals surface area contributed by atoms with Crippen LogP contribution in [0.1, 0.15) is 16.1 Å². The molecule has 1 aromatic heterocycles. The van der Waals surface area contributed by atoms with Gasteiger partial charge in [0.2, 0.25) is 0 Å². The number of hydrogen-bond donors (Lipinski definition) is 3. The van der Waals surface area contributed by atoms with E-state index in [1.807, 2.05) is 13.0 Å². The molecule has 0 saturated heterocycles. The number of carbonyl (C=O) groups excluding carboxylic acids is 2. The van der Waals surface area contributed by atoms with E-state index < -0.39 is 17.4 Å². The summed E-state index contributed by atoms with van der Waals surface area (Å²) in [6.07, 6.45) is 0. The molecule has 0 aliphatic heterocycles. The highest BCUT2D eigenvalue weighted by Gasteiger charge is 2.15. The number of nitrogens with one attached hydrogen (secondary N) is 3. The fraction of sp³-hybridized carbons (Fsp3) is 0.111. The lowest BCUT2D eigenvalue weighted by atomic mass is 10.1. The van der Waals surface area contributed by atoms with Gasteiger partial charge >= 0.3 is 0 Å². The number of amides is 2. The average Bonchev–Trinajstić information content (AvgIpc) is 2.67. The molecule has 1 heterocycles. The highest BCUT2D eigenvalue weighted by atomic mass is 35.5. The fourth-order valence-corrected chi connectivity index (χ4v) is 2.55. The van der Waals surface area contributed by atoms with Crippen molar-refractivity contribution in [3.8, 4) is 5.75 Å². The van der Waals surface area contributed by atoms with Crippen molar-refractivity contribution in [1.29, 1.82) is 0 Å². The summed E-state index contributed by atoms with van der Waals surface area (Å²) < 4.78 is 5.34. The minimum absolute atomic E-state index is 0.0202. The van der Waals surface area contributed by atoms with Crippen molar-refractivity contribution in [2.75, 3.05) is 6.61 Å². The molecule has 0 unspecified atom stereocenters. The van der Waals surface area contributed by atoms with Gasteiger partial charge in [0, 0.05) is 5.39 Å². The molecule has 3 rings (SSSR count). The molecule has 2 aromatic carbocycles. The quantitative estimate of drug-likeness (QED) is 0.591. The van der Waals surface area contributed by atoms with Crippen LogP contribution in [0.15, 0.2) is 47.3 Å². The topological polar surface area (TPSA) is 113 Å². The number of aromatic nitrogens is 2. The summed E-state index contributed by atoms with van der Waals surface area (Å²) in [5.41, 5.74) is 4.96. The van der Waals surface area contributed by atoms with Gasteiger partial charge in [0.05, 0.1) is 10.4 Å². The van der Waals surface area contributed by atoms with E-state index >= 15 is 0 Å². The predicted molar refractivity (Wildman–Crippen MR) is 99.7 cm³/mol. The van der Waals surface area contributed by atoms with Gasteiger partial charge in [-0.25, -0.2) is 5.10 Å². The number of aromatic amines is 1. The maximum atomic E-state index is 12.3. The lowest BCUT2D eigenvalue weighted by Gasteiger charge is -2.10. The minimum atomic E-state index is -0.676. The van der Waals surface area contributed by atoms with E-state index in [0.29, 0.717) is 21.5 Å². The Kier molecular flexibility index (Phi) is 5.37. The maximum Gasteiger partial charge on any atom is 0.290 e. The second-order valence-corrected chi connectivity index (χ2v) is 6.08. The van der Waals surface area contributed by atoms with Gasteiger partial charge in [-0.05, 0) is 30.7 Å². The van der Waals surface area contributed by atoms with Crippen LogP contribution in [0.3, 0.4) is 0 Å². The van der Waals surface area contributed by atoms with Crippen molar-refractivity contribution < 1.29 is 14.3 Å². The van der Waals surface area contributed by atoms with Crippen molar-refractivity contribution in [2.45, 2.75) is 6.92 Å². The first-order valence-corrected chi connectivity index (χ1v) is 8.29. The third kappa shape index (κ3) is 4.24. The Bertz CT molecular complexity index is 1080.